The molecule has 1 aliphatic carbocycles. The van der Waals surface area contributed by atoms with Gasteiger partial charge in [0, 0.05) is 0 Å². The second-order valence-electron chi connectivity index (χ2n) is 3.77. The van der Waals surface area contributed by atoms with Gasteiger partial charge in [-0.15, -0.1) is 0 Å². The topological polar surface area (TPSA) is 9.23 Å². The number of allylic oxidation sites excluding steroid dienone is 4. The van der Waals surface area contributed by atoms with E-state index < -0.39 is 6.61 Å². The third kappa shape index (κ3) is 9.44. The molecular formula is C13H20F2O. The van der Waals surface area contributed by atoms with Crippen LogP contribution in [0.4, 0.5) is 8.78 Å². The molecule has 1 saturated carbocycles. The van der Waals surface area contributed by atoms with Crippen LogP contribution in [0.1, 0.15) is 33.1 Å². The molecule has 0 aromatic heterocycles. The van der Waals surface area contributed by atoms with E-state index in [1.165, 1.54) is 25.3 Å². The Morgan fingerprint density at radius 3 is 2.25 bits per heavy atom. The highest BCUT2D eigenvalue weighted by atomic mass is 19.3. The maximum absolute atomic E-state index is 11.5. The zero-order valence-electron chi connectivity index (χ0n) is 9.96. The summed E-state index contributed by atoms with van der Waals surface area (Å²) in [5.41, 5.74) is 0. The van der Waals surface area contributed by atoms with E-state index in [4.69, 9.17) is 0 Å². The molecule has 0 saturated heterocycles. The van der Waals surface area contributed by atoms with Crippen molar-refractivity contribution in [2.45, 2.75) is 39.7 Å². The van der Waals surface area contributed by atoms with Gasteiger partial charge in [-0.1, -0.05) is 51.0 Å². The summed E-state index contributed by atoms with van der Waals surface area (Å²) in [6, 6.07) is 0. The predicted octanol–water partition coefficient (Wildman–Crippen LogP) is 4.68. The van der Waals surface area contributed by atoms with Crippen molar-refractivity contribution >= 4 is 0 Å². The maximum atomic E-state index is 11.5. The fourth-order valence-corrected chi connectivity index (χ4v) is 1.04. The average Bonchev–Trinajstić information content (AvgIpc) is 2.15. The van der Waals surface area contributed by atoms with Gasteiger partial charge in [-0.2, -0.15) is 8.78 Å². The first-order chi connectivity index (χ1) is 7.56. The van der Waals surface area contributed by atoms with Crippen molar-refractivity contribution in [3.05, 3.63) is 36.6 Å². The summed E-state index contributed by atoms with van der Waals surface area (Å²) in [4.78, 5) is 0. The van der Waals surface area contributed by atoms with E-state index in [1.807, 2.05) is 6.92 Å². The Hall–Kier alpha value is -1.12. The number of ether oxygens (including phenoxy) is 1. The Bertz CT molecular complexity index is 240. The summed E-state index contributed by atoms with van der Waals surface area (Å²) in [7, 11) is 0. The van der Waals surface area contributed by atoms with Gasteiger partial charge in [-0.05, 0) is 18.9 Å². The van der Waals surface area contributed by atoms with Crippen LogP contribution in [0, 0.1) is 5.92 Å². The Kier molecular flexibility index (Phi) is 8.49. The van der Waals surface area contributed by atoms with Crippen LogP contribution in [0.15, 0.2) is 36.6 Å². The number of alkyl halides is 2. The van der Waals surface area contributed by atoms with Crippen LogP contribution in [0.25, 0.3) is 0 Å². The molecule has 1 aliphatic rings. The molecule has 0 N–H and O–H groups in total. The fourth-order valence-electron chi connectivity index (χ4n) is 1.04. The molecule has 1 rings (SSSR count). The van der Waals surface area contributed by atoms with E-state index in [-0.39, 0.29) is 5.76 Å². The van der Waals surface area contributed by atoms with E-state index >= 15 is 0 Å². The minimum atomic E-state index is -2.79. The van der Waals surface area contributed by atoms with Crippen LogP contribution in [0.3, 0.4) is 0 Å². The van der Waals surface area contributed by atoms with Crippen molar-refractivity contribution in [1.82, 2.24) is 0 Å². The summed E-state index contributed by atoms with van der Waals surface area (Å²) < 4.78 is 26.9. The summed E-state index contributed by atoms with van der Waals surface area (Å²) in [6.45, 7) is 4.58. The number of hydrogen-bond acceptors (Lipinski definition) is 1. The summed E-state index contributed by atoms with van der Waals surface area (Å²) >= 11 is 0. The van der Waals surface area contributed by atoms with Crippen molar-refractivity contribution in [3.63, 3.8) is 0 Å². The molecule has 0 atom stereocenters. The first kappa shape index (κ1) is 14.9. The molecule has 1 nitrogen and oxygen atoms in total. The summed E-state index contributed by atoms with van der Waals surface area (Å²) in [6.07, 6.45) is 10.9. The zero-order chi connectivity index (χ0) is 12.4. The highest BCUT2D eigenvalue weighted by molar-refractivity contribution is 5.13. The van der Waals surface area contributed by atoms with E-state index in [0.717, 1.165) is 5.92 Å². The molecule has 0 bridgehead atoms. The van der Waals surface area contributed by atoms with Gasteiger partial charge in [-0.3, -0.25) is 0 Å². The van der Waals surface area contributed by atoms with Crippen LogP contribution in [-0.2, 0) is 4.74 Å². The SMILES string of the molecule is C=C(/C=C\C=C/C)OC(F)F.CC1CCC1. The highest BCUT2D eigenvalue weighted by Crippen LogP contribution is 2.24. The molecule has 0 radical (unpaired) electrons. The van der Waals surface area contributed by atoms with Crippen LogP contribution in [0.2, 0.25) is 0 Å². The second-order valence-corrected chi connectivity index (χ2v) is 3.77. The summed E-state index contributed by atoms with van der Waals surface area (Å²) in [5, 5.41) is 0. The van der Waals surface area contributed by atoms with Gasteiger partial charge < -0.3 is 4.74 Å². The van der Waals surface area contributed by atoms with Crippen LogP contribution in [0.5, 0.6) is 0 Å². The molecule has 92 valence electrons. The smallest absolute Gasteiger partial charge is 0.387 e. The van der Waals surface area contributed by atoms with Crippen molar-refractivity contribution in [3.8, 4) is 0 Å². The molecule has 0 aromatic carbocycles. The van der Waals surface area contributed by atoms with Gasteiger partial charge in [-0.25, -0.2) is 0 Å². The van der Waals surface area contributed by atoms with Gasteiger partial charge in [0.2, 0.25) is 0 Å². The monoisotopic (exact) mass is 230 g/mol. The normalized spacial score (nSPS) is 16.1. The van der Waals surface area contributed by atoms with Crippen molar-refractivity contribution in [2.75, 3.05) is 0 Å². The van der Waals surface area contributed by atoms with E-state index in [9.17, 15) is 8.78 Å². The Balaban J connectivity index is 0.000000368. The minimum absolute atomic E-state index is 0.0434. The summed E-state index contributed by atoms with van der Waals surface area (Å²) in [5.74, 6) is 1.02. The molecule has 0 amide bonds. The number of rotatable bonds is 4. The van der Waals surface area contributed by atoms with Crippen molar-refractivity contribution in [2.24, 2.45) is 5.92 Å². The van der Waals surface area contributed by atoms with Crippen LogP contribution < -0.4 is 0 Å². The predicted molar refractivity (Wildman–Crippen MR) is 63.2 cm³/mol. The fraction of sp³-hybridized carbons (Fsp3) is 0.538. The molecule has 0 aromatic rings. The molecule has 0 unspecified atom stereocenters. The lowest BCUT2D eigenvalue weighted by Gasteiger charge is -2.18. The Morgan fingerprint density at radius 1 is 1.38 bits per heavy atom. The zero-order valence-corrected chi connectivity index (χ0v) is 9.96. The van der Waals surface area contributed by atoms with E-state index in [0.29, 0.717) is 0 Å². The molecular weight excluding hydrogens is 210 g/mol. The molecule has 1 fully saturated rings. The van der Waals surface area contributed by atoms with E-state index in [1.54, 1.807) is 18.2 Å². The quantitative estimate of drug-likeness (QED) is 0.503. The van der Waals surface area contributed by atoms with Gasteiger partial charge in [0.05, 0.1) is 0 Å². The maximum Gasteiger partial charge on any atom is 0.387 e. The standard InChI is InChI=1S/C8H10F2O.C5H10/c1-3-4-5-6-7(2)11-8(9)10;1-5-3-2-4-5/h3-6,8H,2H2,1H3;5H,2-4H2,1H3/b4-3-,6-5-;. The van der Waals surface area contributed by atoms with Crippen molar-refractivity contribution in [1.29, 1.82) is 0 Å². The Morgan fingerprint density at radius 2 is 1.94 bits per heavy atom. The molecule has 16 heavy (non-hydrogen) atoms. The lowest BCUT2D eigenvalue weighted by molar-refractivity contribution is -0.0915. The largest absolute Gasteiger partial charge is 0.435 e. The average molecular weight is 230 g/mol. The van der Waals surface area contributed by atoms with Crippen LogP contribution >= 0.6 is 0 Å². The molecule has 0 aliphatic heterocycles. The third-order valence-corrected chi connectivity index (χ3v) is 2.22. The van der Waals surface area contributed by atoms with E-state index in [2.05, 4.69) is 18.2 Å². The first-order valence-electron chi connectivity index (χ1n) is 5.49. The lowest BCUT2D eigenvalue weighted by Crippen LogP contribution is -2.04. The first-order valence-corrected chi connectivity index (χ1v) is 5.49. The van der Waals surface area contributed by atoms with Gasteiger partial charge in [0.25, 0.3) is 0 Å². The minimum Gasteiger partial charge on any atom is -0.435 e. The lowest BCUT2D eigenvalue weighted by atomic mass is 9.88. The van der Waals surface area contributed by atoms with Crippen molar-refractivity contribution < 1.29 is 13.5 Å². The second kappa shape index (κ2) is 9.13. The van der Waals surface area contributed by atoms with Gasteiger partial charge in [0.15, 0.2) is 0 Å². The molecule has 0 heterocycles. The highest BCUT2D eigenvalue weighted by Gasteiger charge is 2.09. The number of hydrogen-bond donors (Lipinski definition) is 0. The van der Waals surface area contributed by atoms with Gasteiger partial charge >= 0.3 is 6.61 Å². The third-order valence-electron chi connectivity index (χ3n) is 2.22. The Labute approximate surface area is 96.5 Å². The van der Waals surface area contributed by atoms with Gasteiger partial charge in [0.1, 0.15) is 5.76 Å². The van der Waals surface area contributed by atoms with Crippen LogP contribution in [-0.4, -0.2) is 6.61 Å². The molecule has 0 spiro atoms. The number of halogens is 2. The molecule has 3 heteroatoms.